The molecule has 1 unspecified atom stereocenters. The van der Waals surface area contributed by atoms with Crippen molar-refractivity contribution in [3.63, 3.8) is 0 Å². The normalized spacial score (nSPS) is 18.5. The minimum absolute atomic E-state index is 0.0145. The average molecular weight is 409 g/mol. The molecular weight excluding hydrogens is 376 g/mol. The van der Waals surface area contributed by atoms with E-state index < -0.39 is 11.4 Å². The van der Waals surface area contributed by atoms with Gasteiger partial charge in [0.05, 0.1) is 6.61 Å². The summed E-state index contributed by atoms with van der Waals surface area (Å²) in [5.74, 6) is -0.788. The Morgan fingerprint density at radius 2 is 1.40 bits per heavy atom. The molecule has 0 heterocycles. The van der Waals surface area contributed by atoms with Crippen LogP contribution >= 0.6 is 0 Å². The molecule has 0 radical (unpaired) electrons. The number of Topliss-reactive ketones (excluding diaryl/α,β-unsaturated/α-hetero) is 1. The zero-order valence-corrected chi connectivity index (χ0v) is 18.6. The minimum Gasteiger partial charge on any atom is -0.465 e. The van der Waals surface area contributed by atoms with Crippen LogP contribution in [0.3, 0.4) is 0 Å². The highest BCUT2D eigenvalue weighted by molar-refractivity contribution is 6.07. The van der Waals surface area contributed by atoms with E-state index in [-0.39, 0.29) is 18.3 Å². The van der Waals surface area contributed by atoms with Crippen LogP contribution in [0, 0.1) is 5.41 Å². The van der Waals surface area contributed by atoms with Crippen molar-refractivity contribution in [1.29, 1.82) is 0 Å². The van der Waals surface area contributed by atoms with Crippen molar-refractivity contribution in [3.05, 3.63) is 59.7 Å². The van der Waals surface area contributed by atoms with Gasteiger partial charge in [0.1, 0.15) is 5.41 Å². The maximum Gasteiger partial charge on any atom is 0.320 e. The highest BCUT2D eigenvalue weighted by Gasteiger charge is 2.56. The molecule has 0 N–H and O–H groups in total. The number of ether oxygens (including phenoxy) is 1. The molecule has 0 amide bonds. The maximum absolute atomic E-state index is 13.3. The molecule has 0 saturated heterocycles. The van der Waals surface area contributed by atoms with Crippen molar-refractivity contribution in [2.45, 2.75) is 32.1 Å². The number of esters is 1. The van der Waals surface area contributed by atoms with E-state index >= 15 is 0 Å². The fraction of sp³-hybridized carbons (Fsp3) is 0.440. The van der Waals surface area contributed by atoms with Crippen LogP contribution in [-0.2, 0) is 14.3 Å². The molecule has 1 fully saturated rings. The molecule has 0 spiro atoms. The van der Waals surface area contributed by atoms with E-state index in [1.54, 1.807) is 6.92 Å². The van der Waals surface area contributed by atoms with Gasteiger partial charge in [0.2, 0.25) is 0 Å². The van der Waals surface area contributed by atoms with Crippen molar-refractivity contribution >= 4 is 23.1 Å². The highest BCUT2D eigenvalue weighted by atomic mass is 16.5. The van der Waals surface area contributed by atoms with Crippen molar-refractivity contribution in [1.82, 2.24) is 0 Å². The van der Waals surface area contributed by atoms with Gasteiger partial charge in [-0.2, -0.15) is 0 Å². The fourth-order valence-electron chi connectivity index (χ4n) is 4.48. The Kier molecular flexibility index (Phi) is 6.49. The van der Waals surface area contributed by atoms with Crippen LogP contribution in [0.5, 0.6) is 0 Å². The number of nitrogens with zero attached hydrogens (tertiary/aromatic N) is 2. The summed E-state index contributed by atoms with van der Waals surface area (Å²) in [5.41, 5.74) is 2.89. The van der Waals surface area contributed by atoms with Gasteiger partial charge in [-0.1, -0.05) is 24.3 Å². The van der Waals surface area contributed by atoms with E-state index in [4.69, 9.17) is 4.74 Å². The fourth-order valence-corrected chi connectivity index (χ4v) is 4.48. The Morgan fingerprint density at radius 1 is 0.933 bits per heavy atom. The average Bonchev–Trinajstić information content (AvgIpc) is 3.11. The molecule has 0 aliphatic heterocycles. The summed E-state index contributed by atoms with van der Waals surface area (Å²) in [6, 6.07) is 16.3. The Bertz CT molecular complexity index is 836. The first-order chi connectivity index (χ1) is 14.3. The number of hydrogen-bond donors (Lipinski definition) is 0. The van der Waals surface area contributed by atoms with Crippen molar-refractivity contribution < 1.29 is 14.3 Å². The standard InChI is InChI=1S/C25H32N2O3/c1-6-30-24(29)25(17-7-8-22(25)28)23(18-9-13-20(14-10-18)26(2)3)19-11-15-21(16-12-19)27(4)5/h9-16,23H,6-8,17H2,1-5H3. The van der Waals surface area contributed by atoms with E-state index in [2.05, 4.69) is 0 Å². The first kappa shape index (κ1) is 21.9. The van der Waals surface area contributed by atoms with Gasteiger partial charge < -0.3 is 14.5 Å². The number of anilines is 2. The molecule has 1 aliphatic carbocycles. The van der Waals surface area contributed by atoms with Crippen LogP contribution < -0.4 is 9.80 Å². The molecule has 0 aromatic heterocycles. The minimum atomic E-state index is -1.17. The summed E-state index contributed by atoms with van der Waals surface area (Å²) in [5, 5.41) is 0. The molecule has 1 atom stereocenters. The molecule has 0 bridgehead atoms. The van der Waals surface area contributed by atoms with Gasteiger partial charge in [0.15, 0.2) is 5.78 Å². The zero-order chi connectivity index (χ0) is 21.9. The van der Waals surface area contributed by atoms with E-state index in [0.29, 0.717) is 19.3 Å². The topological polar surface area (TPSA) is 49.9 Å². The smallest absolute Gasteiger partial charge is 0.320 e. The van der Waals surface area contributed by atoms with Gasteiger partial charge in [0.25, 0.3) is 0 Å². The maximum atomic E-state index is 13.3. The second-order valence-electron chi connectivity index (χ2n) is 8.37. The third kappa shape index (κ3) is 3.93. The molecule has 2 aromatic carbocycles. The summed E-state index contributed by atoms with van der Waals surface area (Å²) >= 11 is 0. The van der Waals surface area contributed by atoms with Crippen LogP contribution in [0.25, 0.3) is 0 Å². The molecule has 1 aliphatic rings. The van der Waals surface area contributed by atoms with Crippen LogP contribution in [0.4, 0.5) is 11.4 Å². The molecular formula is C25H32N2O3. The van der Waals surface area contributed by atoms with E-state index in [0.717, 1.165) is 22.5 Å². The van der Waals surface area contributed by atoms with Gasteiger partial charge in [0, 0.05) is 51.9 Å². The van der Waals surface area contributed by atoms with Crippen LogP contribution in [0.2, 0.25) is 0 Å². The summed E-state index contributed by atoms with van der Waals surface area (Å²) in [7, 11) is 7.97. The number of benzene rings is 2. The summed E-state index contributed by atoms with van der Waals surface area (Å²) in [6.07, 6.45) is 1.64. The second-order valence-corrected chi connectivity index (χ2v) is 8.37. The Hall–Kier alpha value is -2.82. The molecule has 1 saturated carbocycles. The van der Waals surface area contributed by atoms with Crippen molar-refractivity contribution in [2.24, 2.45) is 5.41 Å². The van der Waals surface area contributed by atoms with Crippen LogP contribution in [0.15, 0.2) is 48.5 Å². The summed E-state index contributed by atoms with van der Waals surface area (Å²) in [6.45, 7) is 2.05. The second kappa shape index (κ2) is 8.90. The SMILES string of the molecule is CCOC(=O)C1(C(c2ccc(N(C)C)cc2)c2ccc(N(C)C)cc2)CCCC1=O. The predicted molar refractivity (Wildman–Crippen MR) is 121 cm³/mol. The first-order valence-corrected chi connectivity index (χ1v) is 10.6. The van der Waals surface area contributed by atoms with E-state index in [1.165, 1.54) is 0 Å². The quantitative estimate of drug-likeness (QED) is 0.506. The molecule has 30 heavy (non-hydrogen) atoms. The van der Waals surface area contributed by atoms with Gasteiger partial charge in [-0.05, 0) is 55.2 Å². The van der Waals surface area contributed by atoms with Crippen LogP contribution in [0.1, 0.15) is 43.2 Å². The largest absolute Gasteiger partial charge is 0.465 e. The monoisotopic (exact) mass is 408 g/mol. The van der Waals surface area contributed by atoms with E-state index in [9.17, 15) is 9.59 Å². The Labute approximate surface area is 179 Å². The van der Waals surface area contributed by atoms with Crippen molar-refractivity contribution in [2.75, 3.05) is 44.6 Å². The zero-order valence-electron chi connectivity index (χ0n) is 18.6. The van der Waals surface area contributed by atoms with Crippen molar-refractivity contribution in [3.8, 4) is 0 Å². The number of hydrogen-bond acceptors (Lipinski definition) is 5. The van der Waals surface area contributed by atoms with Gasteiger partial charge >= 0.3 is 5.97 Å². The summed E-state index contributed by atoms with van der Waals surface area (Å²) < 4.78 is 5.47. The van der Waals surface area contributed by atoms with Gasteiger partial charge in [-0.3, -0.25) is 9.59 Å². The lowest BCUT2D eigenvalue weighted by Crippen LogP contribution is -2.43. The number of carbonyl (C=O) groups is 2. The lowest BCUT2D eigenvalue weighted by Gasteiger charge is -2.35. The molecule has 5 nitrogen and oxygen atoms in total. The third-order valence-corrected chi connectivity index (χ3v) is 6.09. The number of ketones is 1. The lowest BCUT2D eigenvalue weighted by atomic mass is 9.67. The predicted octanol–water partition coefficient (Wildman–Crippen LogP) is 4.25. The number of rotatable bonds is 7. The molecule has 2 aromatic rings. The molecule has 160 valence electrons. The van der Waals surface area contributed by atoms with Gasteiger partial charge in [-0.15, -0.1) is 0 Å². The van der Waals surface area contributed by atoms with Gasteiger partial charge in [-0.25, -0.2) is 0 Å². The molecule has 5 heteroatoms. The van der Waals surface area contributed by atoms with E-state index in [1.807, 2.05) is 86.5 Å². The molecule has 3 rings (SSSR count). The Balaban J connectivity index is 2.17. The number of carbonyl (C=O) groups excluding carboxylic acids is 2. The third-order valence-electron chi connectivity index (χ3n) is 6.09. The Morgan fingerprint density at radius 3 is 1.73 bits per heavy atom. The first-order valence-electron chi connectivity index (χ1n) is 10.6. The summed E-state index contributed by atoms with van der Waals surface area (Å²) in [4.78, 5) is 30.6. The van der Waals surface area contributed by atoms with Crippen LogP contribution in [-0.4, -0.2) is 46.6 Å². The lowest BCUT2D eigenvalue weighted by molar-refractivity contribution is -0.159. The highest BCUT2D eigenvalue weighted by Crippen LogP contribution is 2.51.